The first-order valence-electron chi connectivity index (χ1n) is 18.0. The molecule has 0 aliphatic rings. The van der Waals surface area contributed by atoms with E-state index in [1.54, 1.807) is 6.08 Å². The first kappa shape index (κ1) is 43.0. The number of hydrogen-bond donors (Lipinski definition) is 4. The van der Waals surface area contributed by atoms with Crippen LogP contribution in [0.25, 0.3) is 0 Å². The predicted molar refractivity (Wildman–Crippen MR) is 185 cm³/mol. The van der Waals surface area contributed by atoms with Gasteiger partial charge in [0.2, 0.25) is 5.91 Å². The minimum atomic E-state index is -4.33. The van der Waals surface area contributed by atoms with Crippen LogP contribution in [0.1, 0.15) is 162 Å². The zero-order valence-electron chi connectivity index (χ0n) is 28.4. The van der Waals surface area contributed by atoms with Gasteiger partial charge in [-0.3, -0.25) is 13.8 Å². The maximum Gasteiger partial charge on any atom is 0.472 e. The summed E-state index contributed by atoms with van der Waals surface area (Å²) in [5.74, 6) is -0.206. The Hall–Kier alpha value is -1.02. The van der Waals surface area contributed by atoms with Crippen LogP contribution >= 0.6 is 7.82 Å². The molecule has 0 saturated carbocycles. The topological polar surface area (TPSA) is 131 Å². The summed E-state index contributed by atoms with van der Waals surface area (Å²) < 4.78 is 22.0. The van der Waals surface area contributed by atoms with Crippen molar-refractivity contribution in [1.82, 2.24) is 5.32 Å². The summed E-state index contributed by atoms with van der Waals surface area (Å²) in [6.07, 6.45) is 33.6. The van der Waals surface area contributed by atoms with Gasteiger partial charge in [0.15, 0.2) is 0 Å². The van der Waals surface area contributed by atoms with E-state index in [0.717, 1.165) is 51.4 Å². The van der Waals surface area contributed by atoms with Crippen molar-refractivity contribution in [3.05, 3.63) is 24.3 Å². The van der Waals surface area contributed by atoms with Crippen molar-refractivity contribution in [2.45, 2.75) is 174 Å². The van der Waals surface area contributed by atoms with Gasteiger partial charge in [0.1, 0.15) is 0 Å². The van der Waals surface area contributed by atoms with Gasteiger partial charge in [-0.05, 0) is 44.9 Å². The molecule has 9 heteroatoms. The van der Waals surface area contributed by atoms with E-state index < -0.39 is 20.0 Å². The maximum atomic E-state index is 12.6. The highest BCUT2D eigenvalue weighted by molar-refractivity contribution is 7.47. The molecule has 0 radical (unpaired) electrons. The van der Waals surface area contributed by atoms with Crippen LogP contribution in [0.15, 0.2) is 24.3 Å². The van der Waals surface area contributed by atoms with Gasteiger partial charge in [0.05, 0.1) is 25.4 Å². The number of nitrogens with two attached hydrogens (primary N) is 1. The van der Waals surface area contributed by atoms with E-state index in [1.165, 1.54) is 89.9 Å². The largest absolute Gasteiger partial charge is 0.472 e. The molecular formula is C35H69N2O6P. The van der Waals surface area contributed by atoms with Crippen molar-refractivity contribution in [1.29, 1.82) is 0 Å². The summed E-state index contributed by atoms with van der Waals surface area (Å²) in [5.41, 5.74) is 5.34. The molecule has 3 unspecified atom stereocenters. The molecule has 0 spiro atoms. The highest BCUT2D eigenvalue weighted by Crippen LogP contribution is 2.43. The van der Waals surface area contributed by atoms with E-state index in [0.29, 0.717) is 6.42 Å². The number of phosphoric acid groups is 1. The number of hydrogen-bond acceptors (Lipinski definition) is 6. The van der Waals surface area contributed by atoms with Gasteiger partial charge in [0.25, 0.3) is 0 Å². The van der Waals surface area contributed by atoms with Gasteiger partial charge >= 0.3 is 7.82 Å². The van der Waals surface area contributed by atoms with Crippen LogP contribution in [0.3, 0.4) is 0 Å². The third-order valence-corrected chi connectivity index (χ3v) is 8.76. The van der Waals surface area contributed by atoms with Gasteiger partial charge in [-0.1, -0.05) is 134 Å². The third-order valence-electron chi connectivity index (χ3n) is 7.77. The summed E-state index contributed by atoms with van der Waals surface area (Å²) in [7, 11) is -4.33. The molecule has 0 fully saturated rings. The number of amides is 1. The number of aliphatic hydroxyl groups is 1. The molecule has 5 N–H and O–H groups in total. The van der Waals surface area contributed by atoms with Gasteiger partial charge in [-0.15, -0.1) is 0 Å². The lowest BCUT2D eigenvalue weighted by atomic mass is 10.1. The molecule has 3 atom stereocenters. The van der Waals surface area contributed by atoms with Gasteiger partial charge in [-0.25, -0.2) is 4.57 Å². The Labute approximate surface area is 270 Å². The van der Waals surface area contributed by atoms with Gasteiger partial charge in [-0.2, -0.15) is 0 Å². The fourth-order valence-electron chi connectivity index (χ4n) is 5.01. The summed E-state index contributed by atoms with van der Waals surface area (Å²) in [4.78, 5) is 22.5. The Morgan fingerprint density at radius 1 is 0.727 bits per heavy atom. The number of phosphoric ester groups is 1. The van der Waals surface area contributed by atoms with Crippen molar-refractivity contribution in [2.24, 2.45) is 5.73 Å². The highest BCUT2D eigenvalue weighted by Gasteiger charge is 2.26. The number of carbonyl (C=O) groups excluding carboxylic acids is 1. The van der Waals surface area contributed by atoms with Crippen LogP contribution in [-0.4, -0.2) is 47.8 Å². The second-order valence-corrected chi connectivity index (χ2v) is 13.5. The minimum absolute atomic E-state index is 0.0775. The van der Waals surface area contributed by atoms with Crippen molar-refractivity contribution < 1.29 is 28.4 Å². The molecular weight excluding hydrogens is 575 g/mol. The second kappa shape index (κ2) is 31.9. The Kier molecular flexibility index (Phi) is 31.2. The fraction of sp³-hybridized carbons (Fsp3) is 0.857. The SMILES string of the molecule is CCCCCCCC/C=C\CCCCCCCC(=O)NC(COP(=O)(O)OCCN)C(O)/C=C/CCCCCCCCCC. The number of rotatable bonds is 33. The molecule has 0 aromatic heterocycles. The average Bonchev–Trinajstić information content (AvgIpc) is 3.01. The molecule has 8 nitrogen and oxygen atoms in total. The van der Waals surface area contributed by atoms with E-state index in [4.69, 9.17) is 14.8 Å². The van der Waals surface area contributed by atoms with Crippen molar-refractivity contribution >= 4 is 13.7 Å². The third kappa shape index (κ3) is 29.7. The zero-order valence-corrected chi connectivity index (χ0v) is 29.3. The maximum absolute atomic E-state index is 12.6. The lowest BCUT2D eigenvalue weighted by Crippen LogP contribution is -2.45. The molecule has 0 saturated heterocycles. The zero-order chi connectivity index (χ0) is 32.6. The first-order chi connectivity index (χ1) is 21.4. The molecule has 0 bridgehead atoms. The minimum Gasteiger partial charge on any atom is -0.387 e. The lowest BCUT2D eigenvalue weighted by Gasteiger charge is -2.23. The highest BCUT2D eigenvalue weighted by atomic mass is 31.2. The monoisotopic (exact) mass is 644 g/mol. The van der Waals surface area contributed by atoms with Gasteiger partial charge < -0.3 is 21.1 Å². The predicted octanol–water partition coefficient (Wildman–Crippen LogP) is 9.05. The molecule has 0 aliphatic carbocycles. The van der Waals surface area contributed by atoms with Crippen molar-refractivity contribution in [3.63, 3.8) is 0 Å². The lowest BCUT2D eigenvalue weighted by molar-refractivity contribution is -0.123. The molecule has 1 amide bonds. The molecule has 44 heavy (non-hydrogen) atoms. The summed E-state index contributed by atoms with van der Waals surface area (Å²) >= 11 is 0. The summed E-state index contributed by atoms with van der Waals surface area (Å²) in [5, 5.41) is 13.5. The Morgan fingerprint density at radius 2 is 1.18 bits per heavy atom. The standard InChI is InChI=1S/C35H69N2O6P/c1-3-5-7-9-11-13-15-16-17-18-19-21-23-25-27-29-35(39)37-33(32-43-44(40,41)42-31-30-36)34(38)28-26-24-22-20-14-12-10-8-6-4-2/h16-17,26,28,33-34,38H,3-15,18-25,27,29-32,36H2,1-2H3,(H,37,39)(H,40,41)/b17-16-,28-26+. The Bertz CT molecular complexity index is 749. The van der Waals surface area contributed by atoms with E-state index in [9.17, 15) is 19.4 Å². The molecule has 0 aromatic rings. The molecule has 0 aliphatic heterocycles. The summed E-state index contributed by atoms with van der Waals surface area (Å²) in [6.45, 7) is 4.08. The molecule has 0 heterocycles. The van der Waals surface area contributed by atoms with E-state index in [2.05, 4.69) is 31.3 Å². The van der Waals surface area contributed by atoms with E-state index in [-0.39, 0.29) is 25.7 Å². The number of unbranched alkanes of at least 4 members (excludes halogenated alkanes) is 19. The van der Waals surface area contributed by atoms with Crippen molar-refractivity contribution in [3.8, 4) is 0 Å². The molecule has 0 rings (SSSR count). The number of allylic oxidation sites excluding steroid dienone is 3. The average molecular weight is 645 g/mol. The normalized spacial score (nSPS) is 14.8. The second-order valence-electron chi connectivity index (χ2n) is 12.1. The van der Waals surface area contributed by atoms with Crippen LogP contribution in [0.4, 0.5) is 0 Å². The Morgan fingerprint density at radius 3 is 1.68 bits per heavy atom. The number of nitrogens with one attached hydrogen (secondary N) is 1. The molecule has 0 aromatic carbocycles. The molecule has 260 valence electrons. The number of aliphatic hydroxyl groups excluding tert-OH is 1. The van der Waals surface area contributed by atoms with Crippen LogP contribution in [-0.2, 0) is 18.4 Å². The van der Waals surface area contributed by atoms with Crippen LogP contribution in [0.5, 0.6) is 0 Å². The van der Waals surface area contributed by atoms with Gasteiger partial charge in [0, 0.05) is 13.0 Å². The van der Waals surface area contributed by atoms with Crippen LogP contribution in [0.2, 0.25) is 0 Å². The quantitative estimate of drug-likeness (QED) is 0.0318. The van der Waals surface area contributed by atoms with Crippen LogP contribution in [0, 0.1) is 0 Å². The van der Waals surface area contributed by atoms with E-state index in [1.807, 2.05) is 6.08 Å². The summed E-state index contributed by atoms with van der Waals surface area (Å²) in [6, 6.07) is -0.859. The fourth-order valence-corrected chi connectivity index (χ4v) is 5.77. The number of carbonyl (C=O) groups is 1. The van der Waals surface area contributed by atoms with Crippen molar-refractivity contribution in [2.75, 3.05) is 19.8 Å². The van der Waals surface area contributed by atoms with E-state index >= 15 is 0 Å². The smallest absolute Gasteiger partial charge is 0.387 e. The van der Waals surface area contributed by atoms with Crippen LogP contribution < -0.4 is 11.1 Å². The Balaban J connectivity index is 4.33. The first-order valence-corrected chi connectivity index (χ1v) is 19.5.